The Bertz CT molecular complexity index is 621. The van der Waals surface area contributed by atoms with Gasteiger partial charge in [0.25, 0.3) is 5.69 Å². The number of likely N-dealkylation sites (N-methyl/N-ethyl adjacent to an activating group) is 1. The molecule has 2 aromatic rings. The molecule has 0 spiro atoms. The van der Waals surface area contributed by atoms with E-state index in [0.29, 0.717) is 11.6 Å². The summed E-state index contributed by atoms with van der Waals surface area (Å²) in [6.45, 7) is 2.00. The van der Waals surface area contributed by atoms with Crippen LogP contribution in [0.3, 0.4) is 0 Å². The molecule has 100 valence electrons. The first kappa shape index (κ1) is 12.3. The largest absolute Gasteiger partial charge is 0.347 e. The number of thiazole rings is 1. The van der Waals surface area contributed by atoms with Gasteiger partial charge in [-0.1, -0.05) is 11.3 Å². The van der Waals surface area contributed by atoms with E-state index in [-0.39, 0.29) is 10.6 Å². The Morgan fingerprint density at radius 3 is 3.11 bits per heavy atom. The maximum atomic E-state index is 10.8. The summed E-state index contributed by atoms with van der Waals surface area (Å²) in [5.74, 6) is 0. The number of nitrogens with one attached hydrogen (secondary N) is 1. The summed E-state index contributed by atoms with van der Waals surface area (Å²) >= 11 is 1.58. The van der Waals surface area contributed by atoms with Crippen LogP contribution in [-0.2, 0) is 0 Å². The molecule has 2 heterocycles. The van der Waals surface area contributed by atoms with Crippen molar-refractivity contribution in [3.05, 3.63) is 28.3 Å². The van der Waals surface area contributed by atoms with Gasteiger partial charge >= 0.3 is 0 Å². The van der Waals surface area contributed by atoms with Crippen molar-refractivity contribution in [1.29, 1.82) is 0 Å². The van der Waals surface area contributed by atoms with E-state index in [2.05, 4.69) is 15.2 Å². The van der Waals surface area contributed by atoms with Crippen LogP contribution >= 0.6 is 11.3 Å². The lowest BCUT2D eigenvalue weighted by Gasteiger charge is -2.22. The van der Waals surface area contributed by atoms with Gasteiger partial charge in [-0.25, -0.2) is 4.98 Å². The first-order chi connectivity index (χ1) is 9.15. The van der Waals surface area contributed by atoms with E-state index in [0.717, 1.165) is 29.3 Å². The number of nitro groups is 1. The SMILES string of the molecule is CN(c1nc2cc([N+](=O)[O-])ccc2s1)[C@@H]1CCNC1. The summed E-state index contributed by atoms with van der Waals surface area (Å²) < 4.78 is 0.985. The number of hydrogen-bond donors (Lipinski definition) is 1. The number of benzene rings is 1. The fourth-order valence-corrected chi connectivity index (χ4v) is 3.27. The number of non-ortho nitro benzene ring substituents is 1. The molecule has 1 aliphatic heterocycles. The Kier molecular flexibility index (Phi) is 3.08. The predicted octanol–water partition coefficient (Wildman–Crippen LogP) is 2.00. The maximum Gasteiger partial charge on any atom is 0.271 e. The quantitative estimate of drug-likeness (QED) is 0.687. The summed E-state index contributed by atoms with van der Waals surface area (Å²) in [5, 5.41) is 15.0. The van der Waals surface area contributed by atoms with E-state index in [9.17, 15) is 10.1 Å². The van der Waals surface area contributed by atoms with Gasteiger partial charge in [-0.15, -0.1) is 0 Å². The minimum absolute atomic E-state index is 0.0922. The zero-order chi connectivity index (χ0) is 13.4. The second-order valence-electron chi connectivity index (χ2n) is 4.66. The highest BCUT2D eigenvalue weighted by molar-refractivity contribution is 7.22. The van der Waals surface area contributed by atoms with Crippen molar-refractivity contribution >= 4 is 32.4 Å². The van der Waals surface area contributed by atoms with Crippen LogP contribution in [-0.4, -0.2) is 36.1 Å². The van der Waals surface area contributed by atoms with Crippen molar-refractivity contribution < 1.29 is 4.92 Å². The highest BCUT2D eigenvalue weighted by Gasteiger charge is 2.22. The molecule has 6 nitrogen and oxygen atoms in total. The van der Waals surface area contributed by atoms with Gasteiger partial charge in [0.05, 0.1) is 15.1 Å². The van der Waals surface area contributed by atoms with Crippen LogP contribution in [0.25, 0.3) is 10.2 Å². The molecule has 1 aromatic carbocycles. The van der Waals surface area contributed by atoms with Crippen LogP contribution < -0.4 is 10.2 Å². The number of aromatic nitrogens is 1. The summed E-state index contributed by atoms with van der Waals surface area (Å²) in [5.41, 5.74) is 0.793. The number of rotatable bonds is 3. The molecule has 7 heteroatoms. The van der Waals surface area contributed by atoms with Crippen LogP contribution in [0, 0.1) is 10.1 Å². The summed E-state index contributed by atoms with van der Waals surface area (Å²) in [6, 6.07) is 5.29. The van der Waals surface area contributed by atoms with Gasteiger partial charge in [-0.2, -0.15) is 0 Å². The van der Waals surface area contributed by atoms with Crippen molar-refractivity contribution in [3.63, 3.8) is 0 Å². The molecule has 1 atom stereocenters. The molecule has 0 radical (unpaired) electrons. The first-order valence-electron chi connectivity index (χ1n) is 6.13. The topological polar surface area (TPSA) is 71.3 Å². The van der Waals surface area contributed by atoms with Gasteiger partial charge in [-0.05, 0) is 19.0 Å². The summed E-state index contributed by atoms with van der Waals surface area (Å²) in [7, 11) is 2.03. The number of anilines is 1. The third-order valence-corrected chi connectivity index (χ3v) is 4.58. The summed E-state index contributed by atoms with van der Waals surface area (Å²) in [4.78, 5) is 17.0. The molecule has 0 unspecified atom stereocenters. The van der Waals surface area contributed by atoms with E-state index in [1.807, 2.05) is 7.05 Å². The molecule has 0 saturated carbocycles. The normalized spacial score (nSPS) is 18.9. The van der Waals surface area contributed by atoms with Gasteiger partial charge in [-0.3, -0.25) is 10.1 Å². The monoisotopic (exact) mass is 278 g/mol. The Morgan fingerprint density at radius 1 is 1.58 bits per heavy atom. The van der Waals surface area contributed by atoms with E-state index in [1.165, 1.54) is 12.1 Å². The lowest BCUT2D eigenvalue weighted by atomic mass is 10.2. The molecule has 0 aliphatic carbocycles. The predicted molar refractivity (Wildman–Crippen MR) is 76.0 cm³/mol. The van der Waals surface area contributed by atoms with E-state index in [4.69, 9.17) is 0 Å². The Balaban J connectivity index is 1.94. The number of hydrogen-bond acceptors (Lipinski definition) is 6. The second kappa shape index (κ2) is 4.75. The molecule has 1 aliphatic rings. The second-order valence-corrected chi connectivity index (χ2v) is 5.67. The van der Waals surface area contributed by atoms with E-state index < -0.39 is 0 Å². The van der Waals surface area contributed by atoms with Crippen molar-refractivity contribution in [1.82, 2.24) is 10.3 Å². The highest BCUT2D eigenvalue weighted by Crippen LogP contribution is 2.31. The molecule has 0 bridgehead atoms. The number of nitro benzene ring substituents is 1. The molecular weight excluding hydrogens is 264 g/mol. The lowest BCUT2D eigenvalue weighted by molar-refractivity contribution is -0.384. The Hall–Kier alpha value is -1.73. The maximum absolute atomic E-state index is 10.8. The van der Waals surface area contributed by atoms with Crippen molar-refractivity contribution in [2.24, 2.45) is 0 Å². The third kappa shape index (κ3) is 2.26. The van der Waals surface area contributed by atoms with Crippen LogP contribution in [0.1, 0.15) is 6.42 Å². The minimum atomic E-state index is -0.386. The van der Waals surface area contributed by atoms with Crippen LogP contribution in [0.15, 0.2) is 18.2 Å². The molecule has 1 saturated heterocycles. The van der Waals surface area contributed by atoms with Gasteiger partial charge < -0.3 is 10.2 Å². The summed E-state index contributed by atoms with van der Waals surface area (Å²) in [6.07, 6.45) is 1.10. The fourth-order valence-electron chi connectivity index (χ4n) is 2.29. The number of fused-ring (bicyclic) bond motifs is 1. The number of nitrogens with zero attached hydrogens (tertiary/aromatic N) is 3. The average Bonchev–Trinajstić information content (AvgIpc) is 3.06. The van der Waals surface area contributed by atoms with Crippen molar-refractivity contribution in [2.45, 2.75) is 12.5 Å². The standard InChI is InChI=1S/C12H14N4O2S/c1-15(9-4-5-13-7-9)12-14-10-6-8(16(17)18)2-3-11(10)19-12/h2-3,6,9,13H,4-5,7H2,1H3/t9-/m1/s1. The van der Waals surface area contributed by atoms with Gasteiger partial charge in [0.15, 0.2) is 5.13 Å². The highest BCUT2D eigenvalue weighted by atomic mass is 32.1. The Labute approximate surface area is 114 Å². The van der Waals surface area contributed by atoms with Gasteiger partial charge in [0.1, 0.15) is 0 Å². The van der Waals surface area contributed by atoms with Crippen LogP contribution in [0.2, 0.25) is 0 Å². The molecule has 19 heavy (non-hydrogen) atoms. The fraction of sp³-hybridized carbons (Fsp3) is 0.417. The average molecular weight is 278 g/mol. The van der Waals surface area contributed by atoms with Gasteiger partial charge in [0.2, 0.25) is 0 Å². The zero-order valence-electron chi connectivity index (χ0n) is 10.5. The minimum Gasteiger partial charge on any atom is -0.347 e. The van der Waals surface area contributed by atoms with Crippen LogP contribution in [0.4, 0.5) is 10.8 Å². The smallest absolute Gasteiger partial charge is 0.271 e. The zero-order valence-corrected chi connectivity index (χ0v) is 11.3. The molecule has 1 N–H and O–H groups in total. The third-order valence-electron chi connectivity index (χ3n) is 3.45. The van der Waals surface area contributed by atoms with Crippen molar-refractivity contribution in [3.8, 4) is 0 Å². The first-order valence-corrected chi connectivity index (χ1v) is 6.95. The lowest BCUT2D eigenvalue weighted by Crippen LogP contribution is -2.33. The molecule has 3 rings (SSSR count). The van der Waals surface area contributed by atoms with E-state index in [1.54, 1.807) is 17.4 Å². The molecule has 1 aromatic heterocycles. The molecular formula is C12H14N4O2S. The van der Waals surface area contributed by atoms with E-state index >= 15 is 0 Å². The van der Waals surface area contributed by atoms with Gasteiger partial charge in [0, 0.05) is 31.8 Å². The molecule has 0 amide bonds. The molecule has 1 fully saturated rings. The van der Waals surface area contributed by atoms with Crippen molar-refractivity contribution in [2.75, 3.05) is 25.0 Å². The Morgan fingerprint density at radius 2 is 2.42 bits per heavy atom. The van der Waals surface area contributed by atoms with Crippen LogP contribution in [0.5, 0.6) is 0 Å².